The van der Waals surface area contributed by atoms with E-state index in [4.69, 9.17) is 4.52 Å². The molecule has 8 heteroatoms. The van der Waals surface area contributed by atoms with Crippen LogP contribution >= 0.6 is 24.0 Å². The molecule has 2 heterocycles. The van der Waals surface area contributed by atoms with Crippen LogP contribution in [-0.4, -0.2) is 39.7 Å². The summed E-state index contributed by atoms with van der Waals surface area (Å²) in [4.78, 5) is 10.4. The number of aryl methyl sites for hydroxylation is 2. The van der Waals surface area contributed by atoms with Crippen LogP contribution in [0.4, 0.5) is 0 Å². The summed E-state index contributed by atoms with van der Waals surface area (Å²) in [6.45, 7) is 3.03. The Morgan fingerprint density at radius 3 is 2.81 bits per heavy atom. The van der Waals surface area contributed by atoms with Crippen molar-refractivity contribution in [3.05, 3.63) is 35.7 Å². The molecule has 0 aliphatic heterocycles. The van der Waals surface area contributed by atoms with E-state index in [1.54, 1.807) is 14.0 Å². The summed E-state index contributed by atoms with van der Waals surface area (Å²) in [6, 6.07) is 4.12. The predicted molar refractivity (Wildman–Crippen MR) is 91.5 cm³/mol. The third-order valence-corrected chi connectivity index (χ3v) is 3.00. The first-order valence-corrected chi connectivity index (χ1v) is 6.41. The van der Waals surface area contributed by atoms with Crippen molar-refractivity contribution in [3.8, 4) is 0 Å². The Labute approximate surface area is 141 Å². The second kappa shape index (κ2) is 8.01. The molecular weight excluding hydrogens is 383 g/mol. The molecule has 0 aromatic carbocycles. The van der Waals surface area contributed by atoms with Crippen LogP contribution in [-0.2, 0) is 20.1 Å². The summed E-state index contributed by atoms with van der Waals surface area (Å²) in [6.07, 6.45) is 2.03. The molecule has 0 amide bonds. The molecule has 21 heavy (non-hydrogen) atoms. The second-order valence-corrected chi connectivity index (χ2v) is 4.60. The fraction of sp³-hybridized carbons (Fsp3) is 0.462. The first kappa shape index (κ1) is 17.5. The molecule has 0 atom stereocenters. The van der Waals surface area contributed by atoms with Gasteiger partial charge in [-0.3, -0.25) is 4.99 Å². The van der Waals surface area contributed by atoms with E-state index < -0.39 is 0 Å². The Morgan fingerprint density at radius 1 is 1.52 bits per heavy atom. The van der Waals surface area contributed by atoms with Gasteiger partial charge in [-0.25, -0.2) is 0 Å². The first-order valence-electron chi connectivity index (χ1n) is 6.41. The highest BCUT2D eigenvalue weighted by Gasteiger charge is 2.09. The molecule has 116 valence electrons. The van der Waals surface area contributed by atoms with E-state index in [1.807, 2.05) is 31.3 Å². The molecule has 0 fully saturated rings. The van der Waals surface area contributed by atoms with Gasteiger partial charge in [-0.15, -0.1) is 24.0 Å². The Balaban J connectivity index is 0.00000220. The number of nitrogens with zero attached hydrogens (tertiary/aromatic N) is 5. The average molecular weight is 404 g/mol. The maximum absolute atomic E-state index is 4.93. The van der Waals surface area contributed by atoms with Gasteiger partial charge in [0.25, 0.3) is 0 Å². The average Bonchev–Trinajstić information content (AvgIpc) is 3.00. The lowest BCUT2D eigenvalue weighted by molar-refractivity contribution is 0.386. The zero-order chi connectivity index (χ0) is 14.5. The molecule has 7 nitrogen and oxygen atoms in total. The highest BCUT2D eigenvalue weighted by Crippen LogP contribution is 2.04. The van der Waals surface area contributed by atoms with Crippen molar-refractivity contribution in [3.63, 3.8) is 0 Å². The summed E-state index contributed by atoms with van der Waals surface area (Å²) in [7, 11) is 5.77. The van der Waals surface area contributed by atoms with Crippen molar-refractivity contribution < 1.29 is 4.52 Å². The summed E-state index contributed by atoms with van der Waals surface area (Å²) in [5.41, 5.74) is 1.21. The zero-order valence-electron chi connectivity index (χ0n) is 12.7. The van der Waals surface area contributed by atoms with Crippen LogP contribution < -0.4 is 5.32 Å². The maximum Gasteiger partial charge on any atom is 0.223 e. The van der Waals surface area contributed by atoms with Crippen LogP contribution in [0, 0.1) is 6.92 Å². The van der Waals surface area contributed by atoms with E-state index in [0.29, 0.717) is 18.3 Å². The number of hydrogen-bond acceptors (Lipinski definition) is 4. The van der Waals surface area contributed by atoms with Crippen LogP contribution in [0.5, 0.6) is 0 Å². The van der Waals surface area contributed by atoms with Gasteiger partial charge in [0.1, 0.15) is 0 Å². The zero-order valence-corrected chi connectivity index (χ0v) is 15.0. The lowest BCUT2D eigenvalue weighted by atomic mass is 10.4. The molecule has 0 radical (unpaired) electrons. The SMILES string of the molecule is CN=C(NCc1noc(C)n1)N(C)Cc1cccn1C.I. The van der Waals surface area contributed by atoms with E-state index in [1.165, 1.54) is 5.69 Å². The van der Waals surface area contributed by atoms with Gasteiger partial charge < -0.3 is 19.3 Å². The maximum atomic E-state index is 4.93. The van der Waals surface area contributed by atoms with Crippen LogP contribution in [0.1, 0.15) is 17.4 Å². The highest BCUT2D eigenvalue weighted by atomic mass is 127. The number of hydrogen-bond donors (Lipinski definition) is 1. The van der Waals surface area contributed by atoms with Crippen LogP contribution in [0.2, 0.25) is 0 Å². The van der Waals surface area contributed by atoms with Gasteiger partial charge in [-0.05, 0) is 12.1 Å². The molecule has 2 rings (SSSR count). The van der Waals surface area contributed by atoms with Crippen LogP contribution in [0.3, 0.4) is 0 Å². The minimum Gasteiger partial charge on any atom is -0.353 e. The molecular formula is C13H21IN6O. The van der Waals surface area contributed by atoms with Crippen LogP contribution in [0.25, 0.3) is 0 Å². The van der Waals surface area contributed by atoms with Gasteiger partial charge in [-0.1, -0.05) is 5.16 Å². The highest BCUT2D eigenvalue weighted by molar-refractivity contribution is 14.0. The first-order chi connectivity index (χ1) is 9.60. The van der Waals surface area contributed by atoms with Crippen molar-refractivity contribution in [2.45, 2.75) is 20.0 Å². The molecule has 0 aliphatic rings. The Kier molecular flexibility index (Phi) is 6.66. The molecule has 0 aliphatic carbocycles. The molecule has 1 N–H and O–H groups in total. The standard InChI is InChI=1S/C13H20N6O.HI/c1-10-16-12(17-20-10)8-15-13(14-2)19(4)9-11-6-5-7-18(11)3;/h5-7H,8-9H2,1-4H3,(H,14,15);1H. The van der Waals surface area contributed by atoms with Gasteiger partial charge in [0.05, 0.1) is 13.1 Å². The normalized spacial score (nSPS) is 11.1. The monoisotopic (exact) mass is 404 g/mol. The van der Waals surface area contributed by atoms with Gasteiger partial charge in [0.2, 0.25) is 5.89 Å². The lowest BCUT2D eigenvalue weighted by Crippen LogP contribution is -2.38. The van der Waals surface area contributed by atoms with E-state index in [2.05, 4.69) is 31.1 Å². The number of aromatic nitrogens is 3. The van der Waals surface area contributed by atoms with Gasteiger partial charge in [-0.2, -0.15) is 4.98 Å². The third kappa shape index (κ3) is 4.73. The Morgan fingerprint density at radius 2 is 2.29 bits per heavy atom. The molecule has 2 aromatic rings. The topological polar surface area (TPSA) is 71.5 Å². The van der Waals surface area contributed by atoms with Gasteiger partial charge >= 0.3 is 0 Å². The fourth-order valence-electron chi connectivity index (χ4n) is 1.93. The summed E-state index contributed by atoms with van der Waals surface area (Å²) in [5, 5.41) is 7.06. The molecule has 2 aromatic heterocycles. The molecule has 0 saturated carbocycles. The Bertz CT molecular complexity index is 591. The van der Waals surface area contributed by atoms with E-state index in [0.717, 1.165) is 12.5 Å². The third-order valence-electron chi connectivity index (χ3n) is 3.00. The molecule has 0 saturated heterocycles. The number of halogens is 1. The van der Waals surface area contributed by atoms with Crippen molar-refractivity contribution in [2.24, 2.45) is 12.0 Å². The van der Waals surface area contributed by atoms with E-state index in [-0.39, 0.29) is 24.0 Å². The molecule has 0 bridgehead atoms. The number of nitrogens with one attached hydrogen (secondary N) is 1. The van der Waals surface area contributed by atoms with Crippen molar-refractivity contribution in [2.75, 3.05) is 14.1 Å². The van der Waals surface area contributed by atoms with E-state index >= 15 is 0 Å². The summed E-state index contributed by atoms with van der Waals surface area (Å²) < 4.78 is 7.02. The second-order valence-electron chi connectivity index (χ2n) is 4.60. The van der Waals surface area contributed by atoms with Crippen molar-refractivity contribution in [1.29, 1.82) is 0 Å². The van der Waals surface area contributed by atoms with E-state index in [9.17, 15) is 0 Å². The quantitative estimate of drug-likeness (QED) is 0.476. The lowest BCUT2D eigenvalue weighted by Gasteiger charge is -2.21. The largest absolute Gasteiger partial charge is 0.353 e. The van der Waals surface area contributed by atoms with Crippen molar-refractivity contribution >= 4 is 29.9 Å². The summed E-state index contributed by atoms with van der Waals surface area (Å²) in [5.74, 6) is 1.97. The fourth-order valence-corrected chi connectivity index (χ4v) is 1.93. The number of rotatable bonds is 4. The minimum atomic E-state index is 0. The smallest absolute Gasteiger partial charge is 0.223 e. The van der Waals surface area contributed by atoms with Crippen LogP contribution in [0.15, 0.2) is 27.8 Å². The molecule has 0 spiro atoms. The minimum absolute atomic E-state index is 0. The number of guanidine groups is 1. The van der Waals surface area contributed by atoms with Gasteiger partial charge in [0, 0.05) is 40.0 Å². The summed E-state index contributed by atoms with van der Waals surface area (Å²) >= 11 is 0. The number of aliphatic imine (C=N–C) groups is 1. The van der Waals surface area contributed by atoms with Crippen molar-refractivity contribution in [1.82, 2.24) is 24.9 Å². The molecule has 0 unspecified atom stereocenters. The van der Waals surface area contributed by atoms with Gasteiger partial charge in [0.15, 0.2) is 11.8 Å². The predicted octanol–water partition coefficient (Wildman–Crippen LogP) is 1.54. The Hall–Kier alpha value is -1.58.